The minimum atomic E-state index is -0.408. The van der Waals surface area contributed by atoms with E-state index in [1.165, 1.54) is 11.1 Å². The van der Waals surface area contributed by atoms with Gasteiger partial charge in [0.2, 0.25) is 5.91 Å². The lowest BCUT2D eigenvalue weighted by atomic mass is 10.00. The van der Waals surface area contributed by atoms with Crippen molar-refractivity contribution in [1.29, 1.82) is 0 Å². The zero-order valence-electron chi connectivity index (χ0n) is 16.1. The van der Waals surface area contributed by atoms with Crippen molar-refractivity contribution in [2.24, 2.45) is 0 Å². The van der Waals surface area contributed by atoms with Crippen molar-refractivity contribution in [3.05, 3.63) is 59.2 Å². The van der Waals surface area contributed by atoms with Crippen molar-refractivity contribution in [1.82, 2.24) is 4.90 Å². The number of nitrogens with two attached hydrogens (primary N) is 1. The maximum Gasteiger partial charge on any atom is 0.338 e. The van der Waals surface area contributed by atoms with Crippen LogP contribution in [0.4, 0.5) is 5.69 Å². The number of benzene rings is 2. The first kappa shape index (κ1) is 19.7. The molecule has 148 valence electrons. The van der Waals surface area contributed by atoms with Gasteiger partial charge in [0.15, 0.2) is 0 Å². The van der Waals surface area contributed by atoms with E-state index in [1.807, 2.05) is 24.0 Å². The number of amides is 1. The molecule has 1 amide bonds. The topological polar surface area (TPSA) is 81.9 Å². The molecule has 0 saturated carbocycles. The Bertz CT molecular complexity index is 850. The SMILES string of the molecule is CCCOC(=O)c1ccc(N)c(OCCC(=O)N2CCc3ccccc3C2)c1. The van der Waals surface area contributed by atoms with E-state index in [0.717, 1.165) is 19.4 Å². The fourth-order valence-corrected chi connectivity index (χ4v) is 3.18. The number of nitrogen functional groups attached to an aromatic ring is 1. The third-order valence-electron chi connectivity index (χ3n) is 4.74. The van der Waals surface area contributed by atoms with Crippen molar-refractivity contribution in [3.63, 3.8) is 0 Å². The summed E-state index contributed by atoms with van der Waals surface area (Å²) in [7, 11) is 0. The average molecular weight is 382 g/mol. The molecule has 1 heterocycles. The van der Waals surface area contributed by atoms with Gasteiger partial charge >= 0.3 is 5.97 Å². The van der Waals surface area contributed by atoms with Crippen molar-refractivity contribution >= 4 is 17.6 Å². The molecular formula is C22H26N2O4. The molecule has 1 aliphatic heterocycles. The molecule has 0 radical (unpaired) electrons. The van der Waals surface area contributed by atoms with Crippen molar-refractivity contribution in [2.45, 2.75) is 32.7 Å². The Hall–Kier alpha value is -3.02. The van der Waals surface area contributed by atoms with E-state index in [-0.39, 0.29) is 18.9 Å². The molecule has 0 bridgehead atoms. The summed E-state index contributed by atoms with van der Waals surface area (Å²) >= 11 is 0. The molecule has 0 atom stereocenters. The third kappa shape index (κ3) is 4.82. The summed E-state index contributed by atoms with van der Waals surface area (Å²) < 4.78 is 10.8. The van der Waals surface area contributed by atoms with Gasteiger partial charge in [0.05, 0.1) is 30.9 Å². The first-order valence-electron chi connectivity index (χ1n) is 9.62. The van der Waals surface area contributed by atoms with Crippen LogP contribution in [0, 0.1) is 0 Å². The van der Waals surface area contributed by atoms with E-state index < -0.39 is 5.97 Å². The molecule has 1 aliphatic rings. The second-order valence-electron chi connectivity index (χ2n) is 6.82. The molecule has 0 spiro atoms. The van der Waals surface area contributed by atoms with E-state index >= 15 is 0 Å². The van der Waals surface area contributed by atoms with Crippen LogP contribution in [0.15, 0.2) is 42.5 Å². The van der Waals surface area contributed by atoms with Gasteiger partial charge in [-0.05, 0) is 42.2 Å². The molecule has 6 heteroatoms. The summed E-state index contributed by atoms with van der Waals surface area (Å²) in [5.41, 5.74) is 9.25. The third-order valence-corrected chi connectivity index (χ3v) is 4.74. The summed E-state index contributed by atoms with van der Waals surface area (Å²) in [6, 6.07) is 13.0. The Morgan fingerprint density at radius 2 is 1.89 bits per heavy atom. The lowest BCUT2D eigenvalue weighted by Gasteiger charge is -2.29. The van der Waals surface area contributed by atoms with Gasteiger partial charge in [-0.1, -0.05) is 31.2 Å². The highest BCUT2D eigenvalue weighted by Gasteiger charge is 2.20. The van der Waals surface area contributed by atoms with Gasteiger partial charge in [-0.15, -0.1) is 0 Å². The van der Waals surface area contributed by atoms with E-state index in [2.05, 4.69) is 12.1 Å². The molecule has 2 aromatic carbocycles. The number of hydrogen-bond acceptors (Lipinski definition) is 5. The number of ether oxygens (including phenoxy) is 2. The van der Waals surface area contributed by atoms with Crippen LogP contribution in [0.2, 0.25) is 0 Å². The molecule has 2 N–H and O–H groups in total. The maximum atomic E-state index is 12.5. The van der Waals surface area contributed by atoms with Crippen LogP contribution in [-0.2, 0) is 22.5 Å². The van der Waals surface area contributed by atoms with Gasteiger partial charge < -0.3 is 20.1 Å². The fourth-order valence-electron chi connectivity index (χ4n) is 3.18. The van der Waals surface area contributed by atoms with Gasteiger partial charge in [-0.25, -0.2) is 4.79 Å². The summed E-state index contributed by atoms with van der Waals surface area (Å²) in [6.45, 7) is 3.86. The minimum Gasteiger partial charge on any atom is -0.491 e. The predicted molar refractivity (Wildman–Crippen MR) is 107 cm³/mol. The van der Waals surface area contributed by atoms with Gasteiger partial charge in [0, 0.05) is 13.1 Å². The lowest BCUT2D eigenvalue weighted by Crippen LogP contribution is -2.36. The number of esters is 1. The number of carbonyl (C=O) groups excluding carboxylic acids is 2. The standard InChI is InChI=1S/C22H26N2O4/c1-2-12-28-22(26)17-7-8-19(23)20(14-17)27-13-10-21(25)24-11-9-16-5-3-4-6-18(16)15-24/h3-8,14H,2,9-13,15,23H2,1H3. The Labute approximate surface area is 165 Å². The van der Waals surface area contributed by atoms with Crippen LogP contribution < -0.4 is 10.5 Å². The van der Waals surface area contributed by atoms with E-state index in [0.29, 0.717) is 30.2 Å². The monoisotopic (exact) mass is 382 g/mol. The highest BCUT2D eigenvalue weighted by atomic mass is 16.5. The number of anilines is 1. The number of rotatable bonds is 7. The average Bonchev–Trinajstić information content (AvgIpc) is 2.72. The highest BCUT2D eigenvalue weighted by Crippen LogP contribution is 2.24. The Morgan fingerprint density at radius 1 is 1.11 bits per heavy atom. The second kappa shape index (κ2) is 9.26. The molecule has 0 aliphatic carbocycles. The number of fused-ring (bicyclic) bond motifs is 1. The number of hydrogen-bond donors (Lipinski definition) is 1. The highest BCUT2D eigenvalue weighted by molar-refractivity contribution is 5.90. The van der Waals surface area contributed by atoms with E-state index in [9.17, 15) is 9.59 Å². The summed E-state index contributed by atoms with van der Waals surface area (Å²) in [4.78, 5) is 26.3. The van der Waals surface area contributed by atoms with E-state index in [4.69, 9.17) is 15.2 Å². The summed E-state index contributed by atoms with van der Waals surface area (Å²) in [5, 5.41) is 0. The Kier molecular flexibility index (Phi) is 6.53. The molecule has 0 aromatic heterocycles. The fraction of sp³-hybridized carbons (Fsp3) is 0.364. The predicted octanol–water partition coefficient (Wildman–Crippen LogP) is 3.19. The van der Waals surface area contributed by atoms with Crippen LogP contribution in [0.3, 0.4) is 0 Å². The molecule has 6 nitrogen and oxygen atoms in total. The molecular weight excluding hydrogens is 356 g/mol. The molecule has 0 saturated heterocycles. The normalized spacial score (nSPS) is 13.0. The molecule has 0 fully saturated rings. The van der Waals surface area contributed by atoms with Gasteiger partial charge in [-0.3, -0.25) is 4.79 Å². The van der Waals surface area contributed by atoms with Crippen molar-refractivity contribution in [2.75, 3.05) is 25.5 Å². The smallest absolute Gasteiger partial charge is 0.338 e. The molecule has 3 rings (SSSR count). The zero-order chi connectivity index (χ0) is 19.9. The molecule has 28 heavy (non-hydrogen) atoms. The first-order valence-corrected chi connectivity index (χ1v) is 9.62. The van der Waals surface area contributed by atoms with E-state index in [1.54, 1.807) is 18.2 Å². The first-order chi connectivity index (χ1) is 13.6. The lowest BCUT2D eigenvalue weighted by molar-refractivity contribution is -0.132. The van der Waals surface area contributed by atoms with Crippen molar-refractivity contribution in [3.8, 4) is 5.75 Å². The second-order valence-corrected chi connectivity index (χ2v) is 6.82. The van der Waals surface area contributed by atoms with Crippen LogP contribution in [0.5, 0.6) is 5.75 Å². The van der Waals surface area contributed by atoms with Gasteiger partial charge in [-0.2, -0.15) is 0 Å². The summed E-state index contributed by atoms with van der Waals surface area (Å²) in [5.74, 6) is 0.0316. The van der Waals surface area contributed by atoms with Crippen LogP contribution in [0.1, 0.15) is 41.3 Å². The summed E-state index contributed by atoms with van der Waals surface area (Å²) in [6.07, 6.45) is 1.89. The van der Waals surface area contributed by atoms with Crippen LogP contribution in [-0.4, -0.2) is 36.5 Å². The Morgan fingerprint density at radius 3 is 2.68 bits per heavy atom. The largest absolute Gasteiger partial charge is 0.491 e. The van der Waals surface area contributed by atoms with Gasteiger partial charge in [0.25, 0.3) is 0 Å². The maximum absolute atomic E-state index is 12.5. The zero-order valence-corrected chi connectivity index (χ0v) is 16.1. The number of carbonyl (C=O) groups is 2. The molecule has 2 aromatic rings. The number of nitrogens with zero attached hydrogens (tertiary/aromatic N) is 1. The molecule has 0 unspecified atom stereocenters. The Balaban J connectivity index is 1.53. The minimum absolute atomic E-state index is 0.0478. The quantitative estimate of drug-likeness (QED) is 0.587. The van der Waals surface area contributed by atoms with Crippen LogP contribution >= 0.6 is 0 Å². The van der Waals surface area contributed by atoms with Gasteiger partial charge in [0.1, 0.15) is 5.75 Å². The van der Waals surface area contributed by atoms with Crippen molar-refractivity contribution < 1.29 is 19.1 Å². The van der Waals surface area contributed by atoms with Crippen LogP contribution in [0.25, 0.3) is 0 Å².